The first-order valence-electron chi connectivity index (χ1n) is 7.06. The maximum absolute atomic E-state index is 12.5. The number of imidazole rings is 1. The molecule has 26 heavy (non-hydrogen) atoms. The van der Waals surface area contributed by atoms with Crippen LogP contribution >= 0.6 is 27.5 Å². The monoisotopic (exact) mass is 448 g/mol. The van der Waals surface area contributed by atoms with Crippen LogP contribution in [0.2, 0.25) is 5.02 Å². The van der Waals surface area contributed by atoms with Gasteiger partial charge in [0.05, 0.1) is 5.69 Å². The van der Waals surface area contributed by atoms with Crippen molar-refractivity contribution < 1.29 is 27.8 Å². The predicted molar refractivity (Wildman–Crippen MR) is 90.4 cm³/mol. The molecule has 1 aromatic carbocycles. The maximum atomic E-state index is 12.5. The second kappa shape index (κ2) is 6.90. The molecule has 2 heterocycles. The van der Waals surface area contributed by atoms with E-state index in [1.54, 1.807) is 24.3 Å². The quantitative estimate of drug-likeness (QED) is 0.472. The number of fused-ring (bicyclic) bond motifs is 1. The van der Waals surface area contributed by atoms with E-state index in [0.717, 1.165) is 4.47 Å². The molecule has 10 heteroatoms. The van der Waals surface area contributed by atoms with E-state index in [1.165, 1.54) is 22.7 Å². The summed E-state index contributed by atoms with van der Waals surface area (Å²) in [6.45, 7) is 0. The zero-order chi connectivity index (χ0) is 19.1. The average Bonchev–Trinajstić information content (AvgIpc) is 2.93. The first-order chi connectivity index (χ1) is 12.2. The van der Waals surface area contributed by atoms with Crippen LogP contribution in [-0.4, -0.2) is 26.6 Å². The number of carbonyl (C=O) groups is 1. The lowest BCUT2D eigenvalue weighted by Crippen LogP contribution is -2.27. The van der Waals surface area contributed by atoms with Crippen LogP contribution in [0.3, 0.4) is 0 Å². The number of halogens is 5. The summed E-state index contributed by atoms with van der Waals surface area (Å²) >= 11 is 9.19. The van der Waals surface area contributed by atoms with Crippen molar-refractivity contribution in [1.82, 2.24) is 9.38 Å². The number of aromatic nitrogens is 2. The molecule has 1 atom stereocenters. The summed E-state index contributed by atoms with van der Waals surface area (Å²) in [6.07, 6.45) is -6.01. The highest BCUT2D eigenvalue weighted by molar-refractivity contribution is 9.10. The highest BCUT2D eigenvalue weighted by Crippen LogP contribution is 2.32. The van der Waals surface area contributed by atoms with E-state index >= 15 is 0 Å². The Morgan fingerprint density at radius 3 is 2.54 bits per heavy atom. The highest BCUT2D eigenvalue weighted by atomic mass is 79.9. The third-order valence-electron chi connectivity index (χ3n) is 3.43. The minimum atomic E-state index is -5.23. The largest absolute Gasteiger partial charge is 0.491 e. The van der Waals surface area contributed by atoms with Gasteiger partial charge >= 0.3 is 12.1 Å². The van der Waals surface area contributed by atoms with Gasteiger partial charge in [0.2, 0.25) is 6.29 Å². The van der Waals surface area contributed by atoms with Crippen LogP contribution in [-0.2, 0) is 9.53 Å². The smallest absolute Gasteiger partial charge is 0.423 e. The SMILES string of the molecule is O=C(OC(O)c1c(-c2ccc(Br)cc2)nc2cc(Cl)ccn12)C(F)(F)F. The molecule has 1 N–H and O–H groups in total. The van der Waals surface area contributed by atoms with Crippen molar-refractivity contribution in [2.75, 3.05) is 0 Å². The Morgan fingerprint density at radius 2 is 1.92 bits per heavy atom. The molecule has 136 valence electrons. The van der Waals surface area contributed by atoms with Crippen LogP contribution in [0.1, 0.15) is 12.0 Å². The number of aliphatic hydroxyl groups is 1. The Kier molecular flexibility index (Phi) is 4.96. The van der Waals surface area contributed by atoms with Gasteiger partial charge in [0.1, 0.15) is 11.3 Å². The Balaban J connectivity index is 2.13. The third kappa shape index (κ3) is 3.69. The number of aliphatic hydroxyl groups excluding tert-OH is 1. The molecule has 0 bridgehead atoms. The van der Waals surface area contributed by atoms with Gasteiger partial charge in [-0.25, -0.2) is 9.78 Å². The van der Waals surface area contributed by atoms with E-state index in [9.17, 15) is 23.1 Å². The molecule has 0 spiro atoms. The second-order valence-electron chi connectivity index (χ2n) is 5.18. The lowest BCUT2D eigenvalue weighted by atomic mass is 10.1. The molecular formula is C16H9BrClF3N2O3. The summed E-state index contributed by atoms with van der Waals surface area (Å²) in [4.78, 5) is 15.4. The summed E-state index contributed by atoms with van der Waals surface area (Å²) in [5.74, 6) is -2.50. The molecule has 0 saturated carbocycles. The number of pyridine rings is 1. The van der Waals surface area contributed by atoms with Crippen molar-refractivity contribution >= 4 is 39.1 Å². The van der Waals surface area contributed by atoms with Crippen molar-refractivity contribution in [2.45, 2.75) is 12.5 Å². The normalized spacial score (nSPS) is 13.0. The summed E-state index contributed by atoms with van der Waals surface area (Å²) < 4.78 is 43.6. The highest BCUT2D eigenvalue weighted by Gasteiger charge is 2.43. The van der Waals surface area contributed by atoms with Gasteiger partial charge < -0.3 is 9.84 Å². The van der Waals surface area contributed by atoms with Crippen LogP contribution in [0.25, 0.3) is 16.9 Å². The van der Waals surface area contributed by atoms with E-state index in [-0.39, 0.29) is 17.0 Å². The fourth-order valence-electron chi connectivity index (χ4n) is 2.32. The molecule has 0 aliphatic heterocycles. The van der Waals surface area contributed by atoms with Crippen LogP contribution in [0, 0.1) is 0 Å². The Bertz CT molecular complexity index is 973. The number of carbonyl (C=O) groups excluding carboxylic acids is 1. The Hall–Kier alpha value is -2.10. The molecule has 0 saturated heterocycles. The molecule has 0 amide bonds. The summed E-state index contributed by atoms with van der Waals surface area (Å²) in [6, 6.07) is 9.62. The van der Waals surface area contributed by atoms with Crippen molar-refractivity contribution in [2.24, 2.45) is 0 Å². The van der Waals surface area contributed by atoms with Crippen LogP contribution in [0.4, 0.5) is 13.2 Å². The zero-order valence-electron chi connectivity index (χ0n) is 12.7. The summed E-state index contributed by atoms with van der Waals surface area (Å²) in [5.41, 5.74) is 0.802. The van der Waals surface area contributed by atoms with Gasteiger partial charge in [-0.15, -0.1) is 0 Å². The van der Waals surface area contributed by atoms with E-state index < -0.39 is 18.4 Å². The molecule has 0 aliphatic carbocycles. The number of hydrogen-bond acceptors (Lipinski definition) is 4. The number of ether oxygens (including phenoxy) is 1. The minimum Gasteiger partial charge on any atom is -0.423 e. The number of benzene rings is 1. The van der Waals surface area contributed by atoms with E-state index in [0.29, 0.717) is 10.6 Å². The molecule has 5 nitrogen and oxygen atoms in total. The van der Waals surface area contributed by atoms with Crippen LogP contribution < -0.4 is 0 Å². The van der Waals surface area contributed by atoms with Gasteiger partial charge in [-0.3, -0.25) is 4.40 Å². The van der Waals surface area contributed by atoms with Gasteiger partial charge in [0.15, 0.2) is 0 Å². The summed E-state index contributed by atoms with van der Waals surface area (Å²) in [7, 11) is 0. The average molecular weight is 450 g/mol. The molecule has 3 rings (SSSR count). The van der Waals surface area contributed by atoms with E-state index in [1.807, 2.05) is 0 Å². The topological polar surface area (TPSA) is 63.8 Å². The lowest BCUT2D eigenvalue weighted by molar-refractivity contribution is -0.221. The molecular weight excluding hydrogens is 441 g/mol. The van der Waals surface area contributed by atoms with Crippen molar-refractivity contribution in [3.05, 3.63) is 57.8 Å². The van der Waals surface area contributed by atoms with Crippen molar-refractivity contribution in [3.63, 3.8) is 0 Å². The van der Waals surface area contributed by atoms with Crippen LogP contribution in [0.15, 0.2) is 47.1 Å². The molecule has 0 radical (unpaired) electrons. The first kappa shape index (κ1) is 18.7. The number of hydrogen-bond donors (Lipinski definition) is 1. The third-order valence-corrected chi connectivity index (χ3v) is 4.19. The molecule has 0 fully saturated rings. The first-order valence-corrected chi connectivity index (χ1v) is 8.23. The number of alkyl halides is 3. The molecule has 2 aromatic heterocycles. The van der Waals surface area contributed by atoms with Crippen molar-refractivity contribution in [3.8, 4) is 11.3 Å². The van der Waals surface area contributed by atoms with Gasteiger partial charge in [-0.2, -0.15) is 13.2 Å². The number of rotatable bonds is 3. The predicted octanol–water partition coefficient (Wildman–Crippen LogP) is 4.51. The molecule has 1 unspecified atom stereocenters. The zero-order valence-corrected chi connectivity index (χ0v) is 15.0. The molecule has 3 aromatic rings. The number of nitrogens with zero attached hydrogens (tertiary/aromatic N) is 2. The minimum absolute atomic E-state index is 0.128. The van der Waals surface area contributed by atoms with Crippen molar-refractivity contribution in [1.29, 1.82) is 0 Å². The Morgan fingerprint density at radius 1 is 1.27 bits per heavy atom. The maximum Gasteiger partial charge on any atom is 0.491 e. The van der Waals surface area contributed by atoms with E-state index in [4.69, 9.17) is 11.6 Å². The van der Waals surface area contributed by atoms with Gasteiger partial charge in [-0.1, -0.05) is 39.7 Å². The van der Waals surface area contributed by atoms with Crippen LogP contribution in [0.5, 0.6) is 0 Å². The number of esters is 1. The lowest BCUT2D eigenvalue weighted by Gasteiger charge is -2.15. The molecule has 0 aliphatic rings. The second-order valence-corrected chi connectivity index (χ2v) is 6.53. The van der Waals surface area contributed by atoms with Gasteiger partial charge in [-0.05, 0) is 18.2 Å². The summed E-state index contributed by atoms with van der Waals surface area (Å²) in [5, 5.41) is 10.5. The van der Waals surface area contributed by atoms with E-state index in [2.05, 4.69) is 25.7 Å². The fourth-order valence-corrected chi connectivity index (χ4v) is 2.74. The Labute approximate surface area is 158 Å². The standard InChI is InChI=1S/C16H9BrClF3N2O3/c17-9-3-1-8(2-4-9)12-13(14(24)26-15(25)16(19,20)21)23-6-5-10(18)7-11(23)22-12/h1-7,14,24H. The van der Waals surface area contributed by atoms with Gasteiger partial charge in [0, 0.05) is 27.3 Å². The fraction of sp³-hybridized carbons (Fsp3) is 0.125. The van der Waals surface area contributed by atoms with Gasteiger partial charge in [0.25, 0.3) is 0 Å².